The quantitative estimate of drug-likeness (QED) is 0.788. The van der Waals surface area contributed by atoms with Gasteiger partial charge in [0.25, 0.3) is 0 Å². The Labute approximate surface area is 101 Å². The van der Waals surface area contributed by atoms with E-state index in [1.165, 1.54) is 10.9 Å². The highest BCUT2D eigenvalue weighted by Crippen LogP contribution is 2.14. The fourth-order valence-corrected chi connectivity index (χ4v) is 1.24. The average Bonchev–Trinajstić information content (AvgIpc) is 2.29. The molecule has 0 radical (unpaired) electrons. The number of aromatic nitrogens is 1. The van der Waals surface area contributed by atoms with Gasteiger partial charge in [-0.2, -0.15) is 13.2 Å². The second-order valence-electron chi connectivity index (χ2n) is 3.45. The van der Waals surface area contributed by atoms with E-state index in [2.05, 4.69) is 18.0 Å². The van der Waals surface area contributed by atoms with Crippen molar-refractivity contribution in [2.75, 3.05) is 0 Å². The molecule has 0 aliphatic rings. The van der Waals surface area contributed by atoms with E-state index >= 15 is 0 Å². The Kier molecular flexibility index (Phi) is 4.25. The Hall–Kier alpha value is -2.11. The topological polar surface area (TPSA) is 50.2 Å². The number of nitrogens with zero attached hydrogens (tertiary/aromatic N) is 1. The van der Waals surface area contributed by atoms with Crippen molar-refractivity contribution in [3.05, 3.63) is 42.1 Å². The zero-order valence-electron chi connectivity index (χ0n) is 9.40. The lowest BCUT2D eigenvalue weighted by atomic mass is 10.1. The van der Waals surface area contributed by atoms with Crippen LogP contribution in [0.4, 0.5) is 13.2 Å². The first-order valence-corrected chi connectivity index (χ1v) is 4.93. The fraction of sp³-hybridized carbons (Fsp3) is 0.167. The molecule has 0 bridgehead atoms. The Morgan fingerprint density at radius 2 is 1.78 bits per heavy atom. The number of benzene rings is 1. The second-order valence-corrected chi connectivity index (χ2v) is 3.45. The molecule has 0 aliphatic heterocycles. The molecule has 0 saturated heterocycles. The Balaban J connectivity index is 0.000000203. The highest BCUT2D eigenvalue weighted by atomic mass is 19.4. The van der Waals surface area contributed by atoms with E-state index in [9.17, 15) is 13.2 Å². The van der Waals surface area contributed by atoms with E-state index in [1.807, 2.05) is 30.5 Å². The number of pyridine rings is 1. The van der Waals surface area contributed by atoms with Crippen molar-refractivity contribution in [2.45, 2.75) is 13.1 Å². The largest absolute Gasteiger partial charge is 0.490 e. The van der Waals surface area contributed by atoms with Crippen LogP contribution in [0.25, 0.3) is 10.9 Å². The lowest BCUT2D eigenvalue weighted by Crippen LogP contribution is -2.21. The molecule has 1 heterocycles. The summed E-state index contributed by atoms with van der Waals surface area (Å²) in [5.74, 6) is -2.76. The van der Waals surface area contributed by atoms with Gasteiger partial charge in [0.1, 0.15) is 0 Å². The maximum atomic E-state index is 10.6. The number of carbonyl (C=O) groups is 1. The average molecular weight is 257 g/mol. The number of alkyl halides is 3. The van der Waals surface area contributed by atoms with Gasteiger partial charge in [-0.1, -0.05) is 18.2 Å². The third-order valence-electron chi connectivity index (χ3n) is 2.11. The SMILES string of the molecule is Cc1ccnc2ccccc12.O=C(O)C(F)(F)F. The third kappa shape index (κ3) is 3.73. The summed E-state index contributed by atoms with van der Waals surface area (Å²) in [5.41, 5.74) is 2.36. The zero-order chi connectivity index (χ0) is 13.8. The molecule has 0 amide bonds. The van der Waals surface area contributed by atoms with Gasteiger partial charge in [0.2, 0.25) is 0 Å². The van der Waals surface area contributed by atoms with Gasteiger partial charge in [0.05, 0.1) is 5.52 Å². The molecule has 0 unspecified atom stereocenters. The molecular formula is C12H10F3NO2. The summed E-state index contributed by atoms with van der Waals surface area (Å²) in [4.78, 5) is 13.1. The van der Waals surface area contributed by atoms with E-state index in [0.29, 0.717) is 0 Å². The molecule has 2 aromatic rings. The van der Waals surface area contributed by atoms with Gasteiger partial charge >= 0.3 is 12.1 Å². The fourth-order valence-electron chi connectivity index (χ4n) is 1.24. The Morgan fingerprint density at radius 1 is 1.22 bits per heavy atom. The standard InChI is InChI=1S/C10H9N.C2HF3O2/c1-8-6-7-11-10-5-3-2-4-9(8)10;3-2(4,5)1(6)7/h2-7H,1H3;(H,6,7). The molecule has 0 atom stereocenters. The minimum atomic E-state index is -5.08. The lowest BCUT2D eigenvalue weighted by Gasteiger charge is -1.97. The summed E-state index contributed by atoms with van der Waals surface area (Å²) >= 11 is 0. The zero-order valence-corrected chi connectivity index (χ0v) is 9.40. The van der Waals surface area contributed by atoms with Crippen LogP contribution in [-0.4, -0.2) is 22.2 Å². The monoisotopic (exact) mass is 257 g/mol. The summed E-state index contributed by atoms with van der Waals surface area (Å²) in [7, 11) is 0. The third-order valence-corrected chi connectivity index (χ3v) is 2.11. The van der Waals surface area contributed by atoms with Gasteiger partial charge < -0.3 is 5.11 Å². The van der Waals surface area contributed by atoms with Crippen LogP contribution in [0.15, 0.2) is 36.5 Å². The van der Waals surface area contributed by atoms with Gasteiger partial charge in [0.15, 0.2) is 0 Å². The maximum absolute atomic E-state index is 10.6. The molecule has 96 valence electrons. The predicted octanol–water partition coefficient (Wildman–Crippen LogP) is 3.18. The molecule has 0 aliphatic carbocycles. The van der Waals surface area contributed by atoms with E-state index in [0.717, 1.165) is 5.52 Å². The van der Waals surface area contributed by atoms with Crippen molar-refractivity contribution in [3.8, 4) is 0 Å². The van der Waals surface area contributed by atoms with Crippen molar-refractivity contribution in [2.24, 2.45) is 0 Å². The highest BCUT2D eigenvalue weighted by molar-refractivity contribution is 5.81. The van der Waals surface area contributed by atoms with Crippen LogP contribution in [0.3, 0.4) is 0 Å². The maximum Gasteiger partial charge on any atom is 0.490 e. The van der Waals surface area contributed by atoms with Crippen LogP contribution in [0.5, 0.6) is 0 Å². The van der Waals surface area contributed by atoms with Crippen LogP contribution in [0.2, 0.25) is 0 Å². The van der Waals surface area contributed by atoms with Gasteiger partial charge in [-0.25, -0.2) is 4.79 Å². The first-order chi connectivity index (χ1) is 8.32. The minimum Gasteiger partial charge on any atom is -0.475 e. The van der Waals surface area contributed by atoms with E-state index in [4.69, 9.17) is 9.90 Å². The number of carboxylic acids is 1. The molecule has 6 heteroatoms. The van der Waals surface area contributed by atoms with Crippen molar-refractivity contribution in [1.82, 2.24) is 4.98 Å². The van der Waals surface area contributed by atoms with Crippen LogP contribution in [-0.2, 0) is 4.79 Å². The number of aliphatic carboxylic acids is 1. The summed E-state index contributed by atoms with van der Waals surface area (Å²) in [5, 5.41) is 8.37. The number of hydrogen-bond donors (Lipinski definition) is 1. The van der Waals surface area contributed by atoms with Gasteiger partial charge in [-0.3, -0.25) is 4.98 Å². The molecule has 1 N–H and O–H groups in total. The molecule has 0 spiro atoms. The van der Waals surface area contributed by atoms with Crippen molar-refractivity contribution < 1.29 is 23.1 Å². The van der Waals surface area contributed by atoms with E-state index < -0.39 is 12.1 Å². The Bertz CT molecular complexity index is 547. The van der Waals surface area contributed by atoms with Gasteiger partial charge in [-0.15, -0.1) is 0 Å². The van der Waals surface area contributed by atoms with E-state index in [-0.39, 0.29) is 0 Å². The molecule has 1 aromatic heterocycles. The number of aryl methyl sites for hydroxylation is 1. The Morgan fingerprint density at radius 3 is 2.28 bits per heavy atom. The number of carboxylic acid groups (broad SMARTS) is 1. The molecular weight excluding hydrogens is 247 g/mol. The van der Waals surface area contributed by atoms with Crippen molar-refractivity contribution >= 4 is 16.9 Å². The molecule has 3 nitrogen and oxygen atoms in total. The summed E-state index contributed by atoms with van der Waals surface area (Å²) in [6.07, 6.45) is -3.24. The predicted molar refractivity (Wildman–Crippen MR) is 60.2 cm³/mol. The number of hydrogen-bond acceptors (Lipinski definition) is 2. The number of fused-ring (bicyclic) bond motifs is 1. The smallest absolute Gasteiger partial charge is 0.475 e. The second kappa shape index (κ2) is 5.48. The molecule has 0 fully saturated rings. The van der Waals surface area contributed by atoms with Crippen LogP contribution < -0.4 is 0 Å². The summed E-state index contributed by atoms with van der Waals surface area (Å²) < 4.78 is 31.7. The first kappa shape index (κ1) is 14.0. The van der Waals surface area contributed by atoms with Crippen molar-refractivity contribution in [3.63, 3.8) is 0 Å². The molecule has 2 rings (SSSR count). The van der Waals surface area contributed by atoms with Gasteiger partial charge in [-0.05, 0) is 24.6 Å². The summed E-state index contributed by atoms with van der Waals surface area (Å²) in [6.45, 7) is 2.10. The summed E-state index contributed by atoms with van der Waals surface area (Å²) in [6, 6.07) is 10.2. The number of halogens is 3. The number of rotatable bonds is 0. The minimum absolute atomic E-state index is 1.08. The highest BCUT2D eigenvalue weighted by Gasteiger charge is 2.38. The van der Waals surface area contributed by atoms with E-state index in [1.54, 1.807) is 0 Å². The molecule has 1 aromatic carbocycles. The van der Waals surface area contributed by atoms with Crippen LogP contribution in [0, 0.1) is 6.92 Å². The number of para-hydroxylation sites is 1. The van der Waals surface area contributed by atoms with Crippen molar-refractivity contribution in [1.29, 1.82) is 0 Å². The molecule has 0 saturated carbocycles. The van der Waals surface area contributed by atoms with Crippen LogP contribution in [0.1, 0.15) is 5.56 Å². The van der Waals surface area contributed by atoms with Gasteiger partial charge in [0, 0.05) is 11.6 Å². The van der Waals surface area contributed by atoms with Crippen LogP contribution >= 0.6 is 0 Å². The first-order valence-electron chi connectivity index (χ1n) is 4.93. The lowest BCUT2D eigenvalue weighted by molar-refractivity contribution is -0.192. The molecule has 18 heavy (non-hydrogen) atoms. The normalized spacial score (nSPS) is 10.7.